The molecule has 1 fully saturated rings. The largest absolute Gasteiger partial charge is 0.481 e. The van der Waals surface area contributed by atoms with E-state index >= 15 is 0 Å². The maximum Gasteiger partial charge on any atom is 0.309 e. The van der Waals surface area contributed by atoms with Crippen LogP contribution in [0.4, 0.5) is 5.69 Å². The first-order valence-electron chi connectivity index (χ1n) is 9.23. The zero-order valence-corrected chi connectivity index (χ0v) is 16.0. The van der Waals surface area contributed by atoms with Gasteiger partial charge in [0, 0.05) is 17.2 Å². The molecule has 1 aromatic heterocycles. The van der Waals surface area contributed by atoms with Crippen molar-refractivity contribution in [2.45, 2.75) is 46.7 Å². The fraction of sp³-hybridized carbons (Fsp3) is 0.500. The van der Waals surface area contributed by atoms with Gasteiger partial charge in [0.2, 0.25) is 0 Å². The highest BCUT2D eigenvalue weighted by Crippen LogP contribution is 2.59. The molecule has 27 heavy (non-hydrogen) atoms. The van der Waals surface area contributed by atoms with Gasteiger partial charge in [0.15, 0.2) is 5.82 Å². The number of nitrogens with zero attached hydrogens (tertiary/aromatic N) is 3. The summed E-state index contributed by atoms with van der Waals surface area (Å²) in [6.07, 6.45) is 1.09. The number of aryl methyl sites for hydroxylation is 1. The number of carbonyl (C=O) groups is 1. The van der Waals surface area contributed by atoms with Gasteiger partial charge in [-0.25, -0.2) is 4.68 Å². The normalized spacial score (nSPS) is 28.1. The lowest BCUT2D eigenvalue weighted by molar-refractivity contribution is -0.154. The number of fused-ring (bicyclic) bond motifs is 3. The van der Waals surface area contributed by atoms with E-state index in [2.05, 4.69) is 15.4 Å². The minimum atomic E-state index is -0.821. The SMILES string of the molecule is Cc1nn2c(nc1=O)-c1ccccc1NC2C1CCC(C)(C(=O)O)C1(C)C. The Balaban J connectivity index is 1.88. The van der Waals surface area contributed by atoms with E-state index in [4.69, 9.17) is 0 Å². The van der Waals surface area contributed by atoms with Crippen LogP contribution < -0.4 is 10.9 Å². The second kappa shape index (κ2) is 5.65. The van der Waals surface area contributed by atoms with Crippen LogP contribution in [0.2, 0.25) is 0 Å². The summed E-state index contributed by atoms with van der Waals surface area (Å²) in [6.45, 7) is 7.52. The summed E-state index contributed by atoms with van der Waals surface area (Å²) < 4.78 is 1.78. The van der Waals surface area contributed by atoms with E-state index in [0.29, 0.717) is 17.9 Å². The van der Waals surface area contributed by atoms with Gasteiger partial charge in [-0.1, -0.05) is 26.0 Å². The molecule has 4 rings (SSSR count). The van der Waals surface area contributed by atoms with Gasteiger partial charge in [0.1, 0.15) is 11.9 Å². The third kappa shape index (κ3) is 2.33. The van der Waals surface area contributed by atoms with Crippen molar-refractivity contribution in [1.29, 1.82) is 0 Å². The summed E-state index contributed by atoms with van der Waals surface area (Å²) in [4.78, 5) is 28.5. The standard InChI is InChI=1S/C20H24N4O3/c1-11-17(25)22-15-12-7-5-6-8-14(12)21-16(24(15)23-11)13-9-10-20(4,18(26)27)19(13,2)3/h5-8,13,16,21H,9-10H2,1-4H3,(H,26,27). The highest BCUT2D eigenvalue weighted by molar-refractivity contribution is 5.77. The first-order chi connectivity index (χ1) is 12.7. The number of carboxylic acid groups (broad SMARTS) is 1. The topological polar surface area (TPSA) is 97.1 Å². The Labute approximate surface area is 157 Å². The summed E-state index contributed by atoms with van der Waals surface area (Å²) in [5.41, 5.74) is 0.422. The van der Waals surface area contributed by atoms with Crippen molar-refractivity contribution in [2.24, 2.45) is 16.7 Å². The summed E-state index contributed by atoms with van der Waals surface area (Å²) in [7, 11) is 0. The number of rotatable bonds is 2. The van der Waals surface area contributed by atoms with Gasteiger partial charge in [0.25, 0.3) is 5.56 Å². The number of para-hydroxylation sites is 1. The van der Waals surface area contributed by atoms with E-state index in [0.717, 1.165) is 17.7 Å². The molecule has 0 saturated heterocycles. The van der Waals surface area contributed by atoms with E-state index in [1.807, 2.05) is 45.0 Å². The molecule has 2 heterocycles. The van der Waals surface area contributed by atoms with Crippen molar-refractivity contribution in [1.82, 2.24) is 14.8 Å². The van der Waals surface area contributed by atoms with Crippen molar-refractivity contribution < 1.29 is 9.90 Å². The van der Waals surface area contributed by atoms with Crippen molar-refractivity contribution in [3.8, 4) is 11.4 Å². The fourth-order valence-corrected chi connectivity index (χ4v) is 4.62. The molecule has 7 nitrogen and oxygen atoms in total. The summed E-state index contributed by atoms with van der Waals surface area (Å²) >= 11 is 0. The zero-order valence-electron chi connectivity index (χ0n) is 16.0. The van der Waals surface area contributed by atoms with Gasteiger partial charge in [-0.3, -0.25) is 9.59 Å². The Hall–Kier alpha value is -2.70. The fourth-order valence-electron chi connectivity index (χ4n) is 4.62. The van der Waals surface area contributed by atoms with Crippen LogP contribution in [-0.4, -0.2) is 25.8 Å². The molecule has 7 heteroatoms. The van der Waals surface area contributed by atoms with Crippen LogP contribution in [0.25, 0.3) is 11.4 Å². The van der Waals surface area contributed by atoms with E-state index in [1.165, 1.54) is 0 Å². The second-order valence-corrected chi connectivity index (χ2v) is 8.41. The van der Waals surface area contributed by atoms with Gasteiger partial charge >= 0.3 is 5.97 Å². The molecule has 2 N–H and O–H groups in total. The minimum Gasteiger partial charge on any atom is -0.481 e. The summed E-state index contributed by atoms with van der Waals surface area (Å²) in [6, 6.07) is 7.70. The molecular weight excluding hydrogens is 344 g/mol. The molecule has 1 aliphatic carbocycles. The van der Waals surface area contributed by atoms with Crippen molar-refractivity contribution in [3.05, 3.63) is 40.3 Å². The van der Waals surface area contributed by atoms with Gasteiger partial charge in [-0.05, 0) is 44.2 Å². The first kappa shape index (κ1) is 17.7. The van der Waals surface area contributed by atoms with Crippen LogP contribution in [0.1, 0.15) is 45.5 Å². The molecule has 2 aromatic rings. The average molecular weight is 368 g/mol. The van der Waals surface area contributed by atoms with Gasteiger partial charge < -0.3 is 10.4 Å². The highest BCUT2D eigenvalue weighted by Gasteiger charge is 2.59. The maximum atomic E-state index is 12.2. The zero-order chi connectivity index (χ0) is 19.6. The van der Waals surface area contributed by atoms with Gasteiger partial charge in [0.05, 0.1) is 5.41 Å². The lowest BCUT2D eigenvalue weighted by atomic mass is 9.65. The number of nitrogens with one attached hydrogen (secondary N) is 1. The Bertz CT molecular complexity index is 997. The predicted octanol–water partition coefficient (Wildman–Crippen LogP) is 3.06. The highest BCUT2D eigenvalue weighted by atomic mass is 16.4. The van der Waals surface area contributed by atoms with Crippen LogP contribution >= 0.6 is 0 Å². The molecule has 142 valence electrons. The molecule has 1 aromatic carbocycles. The van der Waals surface area contributed by atoms with Crippen LogP contribution in [0.15, 0.2) is 29.1 Å². The monoisotopic (exact) mass is 368 g/mol. The molecular formula is C20H24N4O3. The first-order valence-corrected chi connectivity index (χ1v) is 9.23. The molecule has 0 amide bonds. The molecule has 1 aliphatic heterocycles. The van der Waals surface area contributed by atoms with Crippen LogP contribution in [-0.2, 0) is 4.79 Å². The average Bonchev–Trinajstić information content (AvgIpc) is 2.86. The number of carboxylic acids is 1. The van der Waals surface area contributed by atoms with E-state index in [-0.39, 0.29) is 17.6 Å². The molecule has 0 radical (unpaired) electrons. The number of benzene rings is 1. The van der Waals surface area contributed by atoms with Gasteiger partial charge in [-0.2, -0.15) is 10.1 Å². The van der Waals surface area contributed by atoms with Crippen LogP contribution in [0.5, 0.6) is 0 Å². The third-order valence-corrected chi connectivity index (χ3v) is 6.88. The molecule has 2 aliphatic rings. The van der Waals surface area contributed by atoms with Crippen molar-refractivity contribution in [3.63, 3.8) is 0 Å². The van der Waals surface area contributed by atoms with Crippen LogP contribution in [0, 0.1) is 23.7 Å². The van der Waals surface area contributed by atoms with Gasteiger partial charge in [-0.15, -0.1) is 0 Å². The number of hydrogen-bond acceptors (Lipinski definition) is 5. The molecule has 1 saturated carbocycles. The second-order valence-electron chi connectivity index (χ2n) is 8.41. The lowest BCUT2D eigenvalue weighted by Crippen LogP contribution is -2.45. The molecule has 3 unspecified atom stereocenters. The smallest absolute Gasteiger partial charge is 0.309 e. The Morgan fingerprint density at radius 1 is 1.30 bits per heavy atom. The third-order valence-electron chi connectivity index (χ3n) is 6.88. The predicted molar refractivity (Wildman–Crippen MR) is 101 cm³/mol. The van der Waals surface area contributed by atoms with Crippen molar-refractivity contribution >= 4 is 11.7 Å². The maximum absolute atomic E-state index is 12.2. The number of aromatic nitrogens is 3. The molecule has 3 atom stereocenters. The van der Waals surface area contributed by atoms with E-state index in [9.17, 15) is 14.7 Å². The summed E-state index contributed by atoms with van der Waals surface area (Å²) in [5.74, 6) is -0.222. The summed E-state index contributed by atoms with van der Waals surface area (Å²) in [5, 5.41) is 17.9. The van der Waals surface area contributed by atoms with Crippen molar-refractivity contribution in [2.75, 3.05) is 5.32 Å². The molecule has 0 spiro atoms. The quantitative estimate of drug-likeness (QED) is 0.845. The van der Waals surface area contributed by atoms with Crippen LogP contribution in [0.3, 0.4) is 0 Å². The number of anilines is 1. The van der Waals surface area contributed by atoms with E-state index < -0.39 is 16.8 Å². The Kier molecular flexibility index (Phi) is 3.70. The molecule has 0 bridgehead atoms. The number of hydrogen-bond donors (Lipinski definition) is 2. The Morgan fingerprint density at radius 3 is 2.67 bits per heavy atom. The number of aliphatic carboxylic acids is 1. The Morgan fingerprint density at radius 2 is 2.00 bits per heavy atom. The van der Waals surface area contributed by atoms with E-state index in [1.54, 1.807) is 11.6 Å². The lowest BCUT2D eigenvalue weighted by Gasteiger charge is -2.43. The minimum absolute atomic E-state index is 0.0157.